The van der Waals surface area contributed by atoms with Crippen LogP contribution in [0.4, 0.5) is 0 Å². The second kappa shape index (κ2) is 20.1. The standard InChI is InChI=1S/C56H74O8S/c1-15-59-47(57)33-63-51-39-22-37-27-43(53(3,4)5)25-35-21-36-26-44(54(6,7)8)28-38(50(36)62-18-20-65-19-17-61-49(35)37)23-40-30-46(56(12,13)14)32-42(52(40)64-34-48(58)60-16-2)24-41(51)31-45(29-39)55(9,10)11/h25-32H,15-24,33-34H2,1-14H3. The predicted molar refractivity (Wildman–Crippen MR) is 264 cm³/mol. The van der Waals surface area contributed by atoms with Crippen molar-refractivity contribution in [3.63, 3.8) is 0 Å². The summed E-state index contributed by atoms with van der Waals surface area (Å²) in [5.74, 6) is 3.78. The van der Waals surface area contributed by atoms with E-state index in [1.54, 1.807) is 13.8 Å². The summed E-state index contributed by atoms with van der Waals surface area (Å²) in [4.78, 5) is 26.3. The first kappa shape index (κ1) is 49.8. The molecule has 1 aliphatic heterocycles. The van der Waals surface area contributed by atoms with E-state index in [9.17, 15) is 9.59 Å². The van der Waals surface area contributed by atoms with E-state index < -0.39 is 11.9 Å². The van der Waals surface area contributed by atoms with Gasteiger partial charge in [0, 0.05) is 37.2 Å². The topological polar surface area (TPSA) is 89.5 Å². The predicted octanol–water partition coefficient (Wildman–Crippen LogP) is 11.9. The summed E-state index contributed by atoms with van der Waals surface area (Å²) in [6.45, 7) is 31.6. The van der Waals surface area contributed by atoms with Crippen molar-refractivity contribution in [2.24, 2.45) is 0 Å². The van der Waals surface area contributed by atoms with Gasteiger partial charge in [-0.1, -0.05) is 132 Å². The Morgan fingerprint density at radius 1 is 0.462 bits per heavy atom. The van der Waals surface area contributed by atoms with Gasteiger partial charge in [-0.25, -0.2) is 9.59 Å². The minimum absolute atomic E-state index is 0.170. The molecule has 10 bridgehead atoms. The molecule has 0 aromatic heterocycles. The smallest absolute Gasteiger partial charge is 0.344 e. The van der Waals surface area contributed by atoms with E-state index in [0.717, 1.165) is 78.6 Å². The summed E-state index contributed by atoms with van der Waals surface area (Å²) in [6, 6.07) is 18.2. The van der Waals surface area contributed by atoms with E-state index in [1.165, 1.54) is 11.1 Å². The number of fused-ring (bicyclic) bond motifs is 4. The van der Waals surface area contributed by atoms with E-state index in [-0.39, 0.29) is 48.1 Å². The molecule has 9 heteroatoms. The number of hydrogen-bond donors (Lipinski definition) is 0. The van der Waals surface area contributed by atoms with Crippen LogP contribution < -0.4 is 18.9 Å². The van der Waals surface area contributed by atoms with Crippen molar-refractivity contribution >= 4 is 23.7 Å². The Hall–Kier alpha value is -4.63. The molecule has 0 N–H and O–H groups in total. The highest BCUT2D eigenvalue weighted by Crippen LogP contribution is 2.44. The average molecular weight is 907 g/mol. The van der Waals surface area contributed by atoms with Gasteiger partial charge in [-0.2, -0.15) is 11.8 Å². The maximum absolute atomic E-state index is 13.1. The van der Waals surface area contributed by atoms with Crippen molar-refractivity contribution in [3.05, 3.63) is 115 Å². The third-order valence-electron chi connectivity index (χ3n) is 12.2. The van der Waals surface area contributed by atoms with Crippen LogP contribution in [0.3, 0.4) is 0 Å². The van der Waals surface area contributed by atoms with Crippen molar-refractivity contribution in [1.82, 2.24) is 0 Å². The van der Waals surface area contributed by atoms with Crippen molar-refractivity contribution in [2.75, 3.05) is 51.1 Å². The number of ether oxygens (including phenoxy) is 6. The Kier molecular flexibility index (Phi) is 15.4. The molecule has 0 amide bonds. The molecule has 0 fully saturated rings. The molecule has 4 aromatic carbocycles. The average Bonchev–Trinajstić information content (AvgIpc) is 3.18. The lowest BCUT2D eigenvalue weighted by Crippen LogP contribution is -2.20. The van der Waals surface area contributed by atoms with Gasteiger partial charge in [0.2, 0.25) is 0 Å². The maximum Gasteiger partial charge on any atom is 0.344 e. The Bertz CT molecular complexity index is 2200. The molecule has 1 aliphatic carbocycles. The maximum atomic E-state index is 13.1. The molecule has 4 aromatic rings. The molecule has 6 rings (SSSR count). The van der Waals surface area contributed by atoms with Crippen molar-refractivity contribution in [3.8, 4) is 23.0 Å². The first-order valence-electron chi connectivity index (χ1n) is 23.5. The zero-order chi connectivity index (χ0) is 47.5. The minimum atomic E-state index is -0.435. The Morgan fingerprint density at radius 3 is 1.00 bits per heavy atom. The lowest BCUT2D eigenvalue weighted by molar-refractivity contribution is -0.146. The van der Waals surface area contributed by atoms with Crippen LogP contribution in [0.15, 0.2) is 48.5 Å². The van der Waals surface area contributed by atoms with Crippen molar-refractivity contribution in [1.29, 1.82) is 0 Å². The summed E-state index contributed by atoms with van der Waals surface area (Å²) < 4.78 is 38.2. The quantitative estimate of drug-likeness (QED) is 0.141. The highest BCUT2D eigenvalue weighted by molar-refractivity contribution is 7.99. The van der Waals surface area contributed by atoms with Gasteiger partial charge in [0.1, 0.15) is 23.0 Å². The molecule has 0 atom stereocenters. The lowest BCUT2D eigenvalue weighted by Gasteiger charge is -2.29. The van der Waals surface area contributed by atoms with E-state index in [1.807, 2.05) is 11.8 Å². The van der Waals surface area contributed by atoms with Gasteiger partial charge in [0.25, 0.3) is 0 Å². The zero-order valence-electron chi connectivity index (χ0n) is 41.8. The Labute approximate surface area is 393 Å². The molecule has 8 nitrogen and oxygen atoms in total. The van der Waals surface area contributed by atoms with E-state index >= 15 is 0 Å². The molecule has 0 radical (unpaired) electrons. The van der Waals surface area contributed by atoms with E-state index in [4.69, 9.17) is 28.4 Å². The molecule has 352 valence electrons. The van der Waals surface area contributed by atoms with Crippen LogP contribution in [-0.4, -0.2) is 63.1 Å². The summed E-state index contributed by atoms with van der Waals surface area (Å²) in [7, 11) is 0. The van der Waals surface area contributed by atoms with Gasteiger partial charge in [0.15, 0.2) is 13.2 Å². The molecular weight excluding hydrogens is 833 g/mol. The zero-order valence-corrected chi connectivity index (χ0v) is 42.6. The number of thioether (sulfide) groups is 1. The molecule has 2 aliphatic rings. The third kappa shape index (κ3) is 12.4. The molecular formula is C56H74O8S. The summed E-state index contributed by atoms with van der Waals surface area (Å²) in [5.41, 5.74) is 11.9. The summed E-state index contributed by atoms with van der Waals surface area (Å²) in [5, 5.41) is 0. The Balaban J connectivity index is 1.79. The van der Waals surface area contributed by atoms with Crippen molar-refractivity contribution < 1.29 is 38.0 Å². The summed E-state index contributed by atoms with van der Waals surface area (Å²) >= 11 is 1.82. The molecule has 65 heavy (non-hydrogen) atoms. The molecule has 1 heterocycles. The van der Waals surface area contributed by atoms with Crippen LogP contribution in [0, 0.1) is 0 Å². The number of carbonyl (C=O) groups is 2. The van der Waals surface area contributed by atoms with Crippen molar-refractivity contribution in [2.45, 2.75) is 144 Å². The van der Waals surface area contributed by atoms with E-state index in [0.29, 0.717) is 50.4 Å². The number of hydrogen-bond acceptors (Lipinski definition) is 9. The second-order valence-electron chi connectivity index (χ2n) is 21.7. The van der Waals surface area contributed by atoms with Gasteiger partial charge in [0.05, 0.1) is 26.4 Å². The number of esters is 2. The summed E-state index contributed by atoms with van der Waals surface area (Å²) in [6.07, 6.45) is 1.97. The van der Waals surface area contributed by atoms with Gasteiger partial charge in [-0.15, -0.1) is 0 Å². The van der Waals surface area contributed by atoms with Gasteiger partial charge < -0.3 is 28.4 Å². The number of benzene rings is 4. The number of carbonyl (C=O) groups excluding carboxylic acids is 2. The monoisotopic (exact) mass is 907 g/mol. The van der Waals surface area contributed by atoms with Crippen LogP contribution in [-0.2, 0) is 66.4 Å². The minimum Gasteiger partial charge on any atom is -0.492 e. The van der Waals surface area contributed by atoms with Crippen LogP contribution in [0.1, 0.15) is 164 Å². The molecule has 0 saturated heterocycles. The van der Waals surface area contributed by atoms with Crippen LogP contribution in [0.2, 0.25) is 0 Å². The lowest BCUT2D eigenvalue weighted by atomic mass is 9.79. The van der Waals surface area contributed by atoms with Gasteiger partial charge in [-0.05, 0) is 102 Å². The SMILES string of the molecule is CCOC(=O)COc1c2cc(C(C)(C)C)cc1Cc1cc(C(C)(C)C)cc(c1OCC(=O)OCC)Cc1cc(C(C)(C)C)cc3c1OCCSCCOc1c(cc(C(C)(C)C)cc1C2)C3. The van der Waals surface area contributed by atoms with Crippen LogP contribution in [0.5, 0.6) is 23.0 Å². The fourth-order valence-corrected chi connectivity index (χ4v) is 9.14. The first-order valence-corrected chi connectivity index (χ1v) is 24.7. The normalized spacial score (nSPS) is 14.7. The molecule has 0 spiro atoms. The first-order chi connectivity index (χ1) is 30.5. The van der Waals surface area contributed by atoms with Gasteiger partial charge >= 0.3 is 11.9 Å². The number of rotatable bonds is 8. The molecule has 0 unspecified atom stereocenters. The molecule has 0 saturated carbocycles. The fraction of sp³-hybridized carbons (Fsp3) is 0.536. The Morgan fingerprint density at radius 2 is 0.723 bits per heavy atom. The highest BCUT2D eigenvalue weighted by atomic mass is 32.2. The van der Waals surface area contributed by atoms with Crippen LogP contribution in [0.25, 0.3) is 0 Å². The van der Waals surface area contributed by atoms with Crippen LogP contribution >= 0.6 is 11.8 Å². The highest BCUT2D eigenvalue weighted by Gasteiger charge is 2.30. The fourth-order valence-electron chi connectivity index (χ4n) is 8.54. The third-order valence-corrected chi connectivity index (χ3v) is 13.1. The largest absolute Gasteiger partial charge is 0.492 e. The second-order valence-corrected chi connectivity index (χ2v) is 22.9. The van der Waals surface area contributed by atoms with E-state index in [2.05, 4.69) is 132 Å². The van der Waals surface area contributed by atoms with Gasteiger partial charge in [-0.3, -0.25) is 0 Å².